The van der Waals surface area contributed by atoms with Crippen molar-refractivity contribution in [3.63, 3.8) is 0 Å². The van der Waals surface area contributed by atoms with Crippen LogP contribution in [0.5, 0.6) is 0 Å². The highest BCUT2D eigenvalue weighted by atomic mass is 16.3. The first-order valence-corrected chi connectivity index (χ1v) is 5.65. The van der Waals surface area contributed by atoms with Crippen molar-refractivity contribution >= 4 is 0 Å². The Morgan fingerprint density at radius 3 is 2.47 bits per heavy atom. The molecule has 0 bridgehead atoms. The normalized spacial score (nSPS) is 31.5. The van der Waals surface area contributed by atoms with Crippen LogP contribution in [0, 0.1) is 6.92 Å². The summed E-state index contributed by atoms with van der Waals surface area (Å²) in [6.45, 7) is 2.11. The van der Waals surface area contributed by atoms with Crippen molar-refractivity contribution < 1.29 is 5.11 Å². The molecule has 1 aromatic carbocycles. The van der Waals surface area contributed by atoms with E-state index in [2.05, 4.69) is 19.1 Å². The Bertz CT molecular complexity index is 340. The predicted octanol–water partition coefficient (Wildman–Crippen LogP) is 2.08. The first-order chi connectivity index (χ1) is 7.12. The molecule has 1 aromatic rings. The molecule has 0 unspecified atom stereocenters. The molecular formula is C13H19NO. The van der Waals surface area contributed by atoms with Crippen LogP contribution in [0.3, 0.4) is 0 Å². The maximum absolute atomic E-state index is 9.50. The van der Waals surface area contributed by atoms with Gasteiger partial charge >= 0.3 is 0 Å². The smallest absolute Gasteiger partial charge is 0.0541 e. The lowest BCUT2D eigenvalue weighted by Gasteiger charge is -2.37. The molecule has 1 aliphatic rings. The average Bonchev–Trinajstić information content (AvgIpc) is 2.23. The van der Waals surface area contributed by atoms with E-state index in [1.54, 1.807) is 0 Å². The van der Waals surface area contributed by atoms with Gasteiger partial charge in [0.1, 0.15) is 0 Å². The highest BCUT2D eigenvalue weighted by Gasteiger charge is 2.33. The van der Waals surface area contributed by atoms with Gasteiger partial charge in [-0.1, -0.05) is 24.3 Å². The lowest BCUT2D eigenvalue weighted by molar-refractivity contribution is 0.0967. The fraction of sp³-hybridized carbons (Fsp3) is 0.538. The molecule has 1 fully saturated rings. The van der Waals surface area contributed by atoms with E-state index < -0.39 is 0 Å². The third kappa shape index (κ3) is 2.06. The lowest BCUT2D eigenvalue weighted by atomic mass is 9.75. The molecule has 2 heteroatoms. The van der Waals surface area contributed by atoms with Crippen LogP contribution in [0.2, 0.25) is 0 Å². The number of benzene rings is 1. The summed E-state index contributed by atoms with van der Waals surface area (Å²) in [6, 6.07) is 8.31. The summed E-state index contributed by atoms with van der Waals surface area (Å²) in [7, 11) is 0. The first-order valence-electron chi connectivity index (χ1n) is 5.65. The summed E-state index contributed by atoms with van der Waals surface area (Å²) in [6.07, 6.45) is 3.28. The Morgan fingerprint density at radius 1 is 1.27 bits per heavy atom. The van der Waals surface area contributed by atoms with Gasteiger partial charge in [0.05, 0.1) is 6.10 Å². The van der Waals surface area contributed by atoms with E-state index in [0.29, 0.717) is 0 Å². The molecule has 0 atom stereocenters. The molecule has 0 aliphatic heterocycles. The monoisotopic (exact) mass is 205 g/mol. The predicted molar refractivity (Wildman–Crippen MR) is 61.5 cm³/mol. The minimum absolute atomic E-state index is 0.148. The molecule has 0 radical (unpaired) electrons. The highest BCUT2D eigenvalue weighted by molar-refractivity contribution is 5.32. The fourth-order valence-electron chi connectivity index (χ4n) is 2.52. The lowest BCUT2D eigenvalue weighted by Crippen LogP contribution is -2.42. The van der Waals surface area contributed by atoms with Crippen LogP contribution in [0.1, 0.15) is 36.8 Å². The van der Waals surface area contributed by atoms with Crippen molar-refractivity contribution in [2.75, 3.05) is 0 Å². The summed E-state index contributed by atoms with van der Waals surface area (Å²) >= 11 is 0. The van der Waals surface area contributed by atoms with E-state index in [0.717, 1.165) is 25.7 Å². The van der Waals surface area contributed by atoms with Crippen LogP contribution in [-0.2, 0) is 5.54 Å². The molecule has 15 heavy (non-hydrogen) atoms. The van der Waals surface area contributed by atoms with Crippen LogP contribution in [0.15, 0.2) is 24.3 Å². The topological polar surface area (TPSA) is 46.2 Å². The van der Waals surface area contributed by atoms with Gasteiger partial charge in [-0.15, -0.1) is 0 Å². The van der Waals surface area contributed by atoms with Crippen LogP contribution >= 0.6 is 0 Å². The molecule has 0 saturated heterocycles. The van der Waals surface area contributed by atoms with E-state index in [1.807, 2.05) is 12.1 Å². The molecule has 3 N–H and O–H groups in total. The van der Waals surface area contributed by atoms with Gasteiger partial charge in [-0.2, -0.15) is 0 Å². The van der Waals surface area contributed by atoms with Crippen LogP contribution in [0.25, 0.3) is 0 Å². The summed E-state index contributed by atoms with van der Waals surface area (Å²) in [5.74, 6) is 0. The summed E-state index contributed by atoms with van der Waals surface area (Å²) in [4.78, 5) is 0. The van der Waals surface area contributed by atoms with Crippen molar-refractivity contribution in [2.24, 2.45) is 5.73 Å². The van der Waals surface area contributed by atoms with E-state index in [4.69, 9.17) is 5.73 Å². The molecule has 1 aliphatic carbocycles. The number of aliphatic hydroxyl groups excluding tert-OH is 1. The standard InChI is InChI=1S/C13H19NO/c1-10-4-2-3-5-12(10)13(14)8-6-11(15)7-9-13/h2-5,11,15H,6-9,14H2,1H3. The van der Waals surface area contributed by atoms with Gasteiger partial charge in [0.25, 0.3) is 0 Å². The van der Waals surface area contributed by atoms with E-state index in [1.165, 1.54) is 11.1 Å². The summed E-state index contributed by atoms with van der Waals surface area (Å²) < 4.78 is 0. The number of hydrogen-bond acceptors (Lipinski definition) is 2. The van der Waals surface area contributed by atoms with E-state index in [-0.39, 0.29) is 11.6 Å². The first kappa shape index (κ1) is 10.7. The van der Waals surface area contributed by atoms with Gasteiger partial charge in [0.2, 0.25) is 0 Å². The van der Waals surface area contributed by atoms with Gasteiger partial charge < -0.3 is 10.8 Å². The number of aryl methyl sites for hydroxylation is 1. The molecule has 82 valence electrons. The minimum atomic E-state index is -0.218. The Kier molecular flexibility index (Phi) is 2.81. The molecule has 0 amide bonds. The molecular weight excluding hydrogens is 186 g/mol. The summed E-state index contributed by atoms with van der Waals surface area (Å²) in [5, 5.41) is 9.50. The molecule has 2 rings (SSSR count). The fourth-order valence-corrected chi connectivity index (χ4v) is 2.52. The van der Waals surface area contributed by atoms with E-state index >= 15 is 0 Å². The molecule has 0 spiro atoms. The van der Waals surface area contributed by atoms with Crippen LogP contribution < -0.4 is 5.73 Å². The molecule has 2 nitrogen and oxygen atoms in total. The number of rotatable bonds is 1. The largest absolute Gasteiger partial charge is 0.393 e. The average molecular weight is 205 g/mol. The van der Waals surface area contributed by atoms with Crippen molar-refractivity contribution in [2.45, 2.75) is 44.2 Å². The zero-order valence-corrected chi connectivity index (χ0v) is 9.24. The van der Waals surface area contributed by atoms with Gasteiger partial charge in [-0.25, -0.2) is 0 Å². The Labute approximate surface area is 91.1 Å². The maximum Gasteiger partial charge on any atom is 0.0541 e. The zero-order chi connectivity index (χ0) is 10.9. The number of nitrogens with two attached hydrogens (primary N) is 1. The molecule has 0 aromatic heterocycles. The second-order valence-corrected chi connectivity index (χ2v) is 4.70. The quantitative estimate of drug-likeness (QED) is 0.737. The van der Waals surface area contributed by atoms with Crippen LogP contribution in [0.4, 0.5) is 0 Å². The van der Waals surface area contributed by atoms with Crippen molar-refractivity contribution in [3.05, 3.63) is 35.4 Å². The van der Waals surface area contributed by atoms with Gasteiger partial charge in [-0.3, -0.25) is 0 Å². The second-order valence-electron chi connectivity index (χ2n) is 4.70. The third-order valence-corrected chi connectivity index (χ3v) is 3.53. The van der Waals surface area contributed by atoms with Crippen molar-refractivity contribution in [1.82, 2.24) is 0 Å². The molecule has 1 saturated carbocycles. The van der Waals surface area contributed by atoms with Crippen molar-refractivity contribution in [3.8, 4) is 0 Å². The van der Waals surface area contributed by atoms with Crippen molar-refractivity contribution in [1.29, 1.82) is 0 Å². The van der Waals surface area contributed by atoms with Gasteiger partial charge in [-0.05, 0) is 43.7 Å². The second kappa shape index (κ2) is 3.95. The highest BCUT2D eigenvalue weighted by Crippen LogP contribution is 2.36. The minimum Gasteiger partial charge on any atom is -0.393 e. The Hall–Kier alpha value is -0.860. The third-order valence-electron chi connectivity index (χ3n) is 3.53. The molecule has 0 heterocycles. The number of aliphatic hydroxyl groups is 1. The Morgan fingerprint density at radius 2 is 1.87 bits per heavy atom. The van der Waals surface area contributed by atoms with Crippen LogP contribution in [-0.4, -0.2) is 11.2 Å². The summed E-state index contributed by atoms with van der Waals surface area (Å²) in [5.41, 5.74) is 8.72. The SMILES string of the molecule is Cc1ccccc1C1(N)CCC(O)CC1. The Balaban J connectivity index is 2.26. The van der Waals surface area contributed by atoms with Gasteiger partial charge in [0, 0.05) is 5.54 Å². The number of hydrogen-bond donors (Lipinski definition) is 2. The van der Waals surface area contributed by atoms with E-state index in [9.17, 15) is 5.11 Å². The van der Waals surface area contributed by atoms with Gasteiger partial charge in [0.15, 0.2) is 0 Å². The maximum atomic E-state index is 9.50. The zero-order valence-electron chi connectivity index (χ0n) is 9.24.